The lowest BCUT2D eigenvalue weighted by atomic mass is 9.94. The van der Waals surface area contributed by atoms with E-state index in [0.29, 0.717) is 4.90 Å². The largest absolute Gasteiger partial charge is 0.463 e. The summed E-state index contributed by atoms with van der Waals surface area (Å²) in [4.78, 5) is 88.9. The number of aliphatic hydroxyl groups is 1. The number of esters is 5. The van der Waals surface area contributed by atoms with Crippen molar-refractivity contribution in [3.8, 4) is 0 Å². The van der Waals surface area contributed by atoms with Crippen LogP contribution in [0.5, 0.6) is 0 Å². The Morgan fingerprint density at radius 2 is 1.20 bits per heavy atom. The molecule has 18 heteroatoms. The van der Waals surface area contributed by atoms with Crippen molar-refractivity contribution in [2.45, 2.75) is 96.0 Å². The molecule has 0 radical (unpaired) electrons. The van der Waals surface area contributed by atoms with Gasteiger partial charge in [-0.15, -0.1) is 6.58 Å². The highest BCUT2D eigenvalue weighted by molar-refractivity contribution is 6.21. The van der Waals surface area contributed by atoms with Gasteiger partial charge in [0.25, 0.3) is 11.8 Å². The van der Waals surface area contributed by atoms with Crippen LogP contribution in [0.4, 0.5) is 0 Å². The van der Waals surface area contributed by atoms with E-state index in [1.807, 2.05) is 0 Å². The highest BCUT2D eigenvalue weighted by Gasteiger charge is 2.59. The molecule has 18 nitrogen and oxygen atoms in total. The Kier molecular flexibility index (Phi) is 13.0. The molecule has 1 aromatic rings. The molecule has 0 bridgehead atoms. The van der Waals surface area contributed by atoms with Crippen LogP contribution in [0.25, 0.3) is 0 Å². The minimum absolute atomic E-state index is 0.0134. The number of hydrogen-bond acceptors (Lipinski definition) is 17. The van der Waals surface area contributed by atoms with Gasteiger partial charge in [0.1, 0.15) is 43.7 Å². The predicted molar refractivity (Wildman–Crippen MR) is 165 cm³/mol. The fraction of sp³-hybridized carbons (Fsp3) is 0.545. The second-order valence-electron chi connectivity index (χ2n) is 11.6. The van der Waals surface area contributed by atoms with E-state index < -0.39 is 116 Å². The molecule has 3 heterocycles. The number of nitrogens with zero attached hydrogens (tertiary/aromatic N) is 1. The first-order valence-electron chi connectivity index (χ1n) is 15.8. The molecule has 10 atom stereocenters. The number of hydrogen-bond donors (Lipinski definition) is 1. The third-order valence-electron chi connectivity index (χ3n) is 7.83. The summed E-state index contributed by atoms with van der Waals surface area (Å²) in [5.41, 5.74) is -0.0268. The zero-order valence-electron chi connectivity index (χ0n) is 28.4. The Morgan fingerprint density at radius 1 is 0.725 bits per heavy atom. The monoisotopic (exact) mass is 721 g/mol. The van der Waals surface area contributed by atoms with Crippen LogP contribution < -0.4 is 0 Å². The molecule has 2 saturated heterocycles. The van der Waals surface area contributed by atoms with Crippen molar-refractivity contribution in [3.05, 3.63) is 48.0 Å². The minimum atomic E-state index is -1.95. The lowest BCUT2D eigenvalue weighted by Crippen LogP contribution is -2.69. The molecular formula is C33H39NO17. The Bertz CT molecular complexity index is 1490. The predicted octanol–water partition coefficient (Wildman–Crippen LogP) is -0.0290. The van der Waals surface area contributed by atoms with E-state index in [0.717, 1.165) is 34.6 Å². The number of carbonyl (C=O) groups excluding carboxylic acids is 7. The van der Waals surface area contributed by atoms with E-state index in [-0.39, 0.29) is 17.7 Å². The van der Waals surface area contributed by atoms with Crippen LogP contribution in [-0.2, 0) is 66.6 Å². The van der Waals surface area contributed by atoms with Gasteiger partial charge in [0.2, 0.25) is 0 Å². The molecule has 1 N–H and O–H groups in total. The van der Waals surface area contributed by atoms with E-state index in [1.165, 1.54) is 30.3 Å². The third kappa shape index (κ3) is 9.14. The second-order valence-corrected chi connectivity index (χ2v) is 11.6. The number of benzene rings is 1. The maximum absolute atomic E-state index is 13.8. The van der Waals surface area contributed by atoms with Gasteiger partial charge in [-0.25, -0.2) is 0 Å². The molecule has 2 fully saturated rings. The normalized spacial score (nSPS) is 30.1. The number of amides is 2. The summed E-state index contributed by atoms with van der Waals surface area (Å²) in [5.74, 6) is -5.85. The van der Waals surface area contributed by atoms with Gasteiger partial charge in [-0.1, -0.05) is 18.2 Å². The van der Waals surface area contributed by atoms with E-state index in [1.54, 1.807) is 0 Å². The van der Waals surface area contributed by atoms with Crippen LogP contribution in [0, 0.1) is 0 Å². The molecule has 2 amide bonds. The van der Waals surface area contributed by atoms with Crippen LogP contribution >= 0.6 is 0 Å². The first kappa shape index (κ1) is 39.0. The van der Waals surface area contributed by atoms with E-state index >= 15 is 0 Å². The molecule has 0 spiro atoms. The smallest absolute Gasteiger partial charge is 0.303 e. The van der Waals surface area contributed by atoms with Crippen molar-refractivity contribution in [3.63, 3.8) is 0 Å². The van der Waals surface area contributed by atoms with Crippen molar-refractivity contribution in [2.75, 3.05) is 19.8 Å². The molecule has 278 valence electrons. The van der Waals surface area contributed by atoms with Crippen molar-refractivity contribution in [1.82, 2.24) is 4.90 Å². The SMILES string of the molecule is C=CCO[C@@H]1O[C@@H](COC(C)=O)[C@@H](OC(C)=O)[C@@H](O[C@@H]2O[C@H](COC(C)=O)[C@@H](OC(C)=O)[C@H](O)[C@H]2N2C(=O)c3ccccc3C2=O)[C@@H]1OC(C)=O. The summed E-state index contributed by atoms with van der Waals surface area (Å²) >= 11 is 0. The highest BCUT2D eigenvalue weighted by Crippen LogP contribution is 2.37. The van der Waals surface area contributed by atoms with Crippen LogP contribution in [-0.4, -0.2) is 133 Å². The lowest BCUT2D eigenvalue weighted by Gasteiger charge is -2.49. The summed E-state index contributed by atoms with van der Waals surface area (Å²) < 4.78 is 51.0. The topological polar surface area (TPSA) is 226 Å². The Labute approximate surface area is 291 Å². The quantitative estimate of drug-likeness (QED) is 0.122. The molecule has 0 aromatic heterocycles. The highest BCUT2D eigenvalue weighted by atomic mass is 16.8. The van der Waals surface area contributed by atoms with E-state index in [9.17, 15) is 38.7 Å². The Morgan fingerprint density at radius 3 is 1.69 bits per heavy atom. The number of imide groups is 1. The molecule has 0 aliphatic carbocycles. The summed E-state index contributed by atoms with van der Waals surface area (Å²) in [6.45, 7) is 7.69. The molecular weight excluding hydrogens is 682 g/mol. The molecule has 3 aliphatic rings. The van der Waals surface area contributed by atoms with Crippen molar-refractivity contribution in [2.24, 2.45) is 0 Å². The van der Waals surface area contributed by atoms with Crippen LogP contribution in [0.3, 0.4) is 0 Å². The summed E-state index contributed by atoms with van der Waals surface area (Å²) in [7, 11) is 0. The van der Waals surface area contributed by atoms with Gasteiger partial charge in [0.15, 0.2) is 30.9 Å². The fourth-order valence-corrected chi connectivity index (χ4v) is 5.91. The van der Waals surface area contributed by atoms with E-state index in [4.69, 9.17) is 42.6 Å². The molecule has 3 aliphatic heterocycles. The summed E-state index contributed by atoms with van der Waals surface area (Å²) in [6.07, 6.45) is -13.2. The Hall–Kier alpha value is -4.75. The molecule has 0 saturated carbocycles. The zero-order valence-corrected chi connectivity index (χ0v) is 28.4. The van der Waals surface area contributed by atoms with Gasteiger partial charge in [-0.2, -0.15) is 0 Å². The number of ether oxygens (including phenoxy) is 9. The number of rotatable bonds is 13. The average molecular weight is 722 g/mol. The first-order chi connectivity index (χ1) is 24.1. The van der Waals surface area contributed by atoms with Crippen LogP contribution in [0.15, 0.2) is 36.9 Å². The second kappa shape index (κ2) is 17.0. The van der Waals surface area contributed by atoms with Gasteiger partial charge < -0.3 is 47.7 Å². The zero-order chi connectivity index (χ0) is 37.6. The van der Waals surface area contributed by atoms with Crippen LogP contribution in [0.2, 0.25) is 0 Å². The van der Waals surface area contributed by atoms with Crippen molar-refractivity contribution < 1.29 is 81.3 Å². The van der Waals surface area contributed by atoms with Gasteiger partial charge in [-0.3, -0.25) is 38.5 Å². The average Bonchev–Trinajstić information content (AvgIpc) is 3.30. The standard InChI is InChI=1S/C33H39NO17/c1-7-12-43-33-29(48-19(6)39)28(27(47-18(5)38)23(50-33)14-45-16(3)36)51-32-24(34-30(41)20-10-8-9-11-21(20)31(34)42)25(40)26(46-17(4)37)22(49-32)13-44-15(2)35/h7-11,22-29,32-33,40H,1,12-14H2,2-6H3/t22-,23+,24-,25-,26-,27-,28-,29+,32+,33-/m1/s1. The third-order valence-corrected chi connectivity index (χ3v) is 7.83. The Balaban J connectivity index is 1.87. The maximum atomic E-state index is 13.8. The van der Waals surface area contributed by atoms with Gasteiger partial charge in [0.05, 0.1) is 17.7 Å². The molecule has 4 rings (SSSR count). The van der Waals surface area contributed by atoms with Crippen molar-refractivity contribution in [1.29, 1.82) is 0 Å². The maximum Gasteiger partial charge on any atom is 0.303 e. The number of fused-ring (bicyclic) bond motifs is 1. The lowest BCUT2D eigenvalue weighted by molar-refractivity contribution is -0.351. The van der Waals surface area contributed by atoms with Gasteiger partial charge >= 0.3 is 29.8 Å². The van der Waals surface area contributed by atoms with Gasteiger partial charge in [0, 0.05) is 34.6 Å². The number of aliphatic hydroxyl groups excluding tert-OH is 1. The first-order valence-corrected chi connectivity index (χ1v) is 15.8. The molecule has 1 aromatic carbocycles. The number of carbonyl (C=O) groups is 7. The summed E-state index contributed by atoms with van der Waals surface area (Å²) in [5, 5.41) is 11.9. The summed E-state index contributed by atoms with van der Waals surface area (Å²) in [6, 6.07) is 4.03. The van der Waals surface area contributed by atoms with E-state index in [2.05, 4.69) is 6.58 Å². The molecule has 0 unspecified atom stereocenters. The van der Waals surface area contributed by atoms with Crippen LogP contribution in [0.1, 0.15) is 55.3 Å². The van der Waals surface area contributed by atoms with Crippen molar-refractivity contribution >= 4 is 41.7 Å². The molecule has 51 heavy (non-hydrogen) atoms. The fourth-order valence-electron chi connectivity index (χ4n) is 5.91. The van der Waals surface area contributed by atoms with Gasteiger partial charge in [-0.05, 0) is 12.1 Å². The minimum Gasteiger partial charge on any atom is -0.463 e.